The number of carboxylic acids is 1. The average molecular weight is 282 g/mol. The molecule has 0 saturated carbocycles. The van der Waals surface area contributed by atoms with Crippen molar-refractivity contribution in [2.24, 2.45) is 0 Å². The smallest absolute Gasteiger partial charge is 0.337 e. The molecule has 0 aliphatic carbocycles. The molecule has 2 aromatic rings. The third kappa shape index (κ3) is 2.33. The second kappa shape index (κ2) is 4.94. The minimum atomic E-state index is -1.01. The molecule has 5 nitrogen and oxygen atoms in total. The summed E-state index contributed by atoms with van der Waals surface area (Å²) in [6.45, 7) is 2.07. The second-order valence-electron chi connectivity index (χ2n) is 4.98. The molecule has 5 heteroatoms. The Morgan fingerprint density at radius 2 is 1.90 bits per heavy atom. The van der Waals surface area contributed by atoms with Crippen LogP contribution in [0.5, 0.6) is 0 Å². The van der Waals surface area contributed by atoms with Crippen LogP contribution in [-0.2, 0) is 4.79 Å². The number of carbonyl (C=O) groups is 2. The van der Waals surface area contributed by atoms with E-state index in [4.69, 9.17) is 0 Å². The summed E-state index contributed by atoms with van der Waals surface area (Å²) >= 11 is 0. The molecule has 0 unspecified atom stereocenters. The van der Waals surface area contributed by atoms with Crippen LogP contribution >= 0.6 is 0 Å². The summed E-state index contributed by atoms with van der Waals surface area (Å²) in [5.74, 6) is -1.18. The Hall–Kier alpha value is -2.82. The highest BCUT2D eigenvalue weighted by molar-refractivity contribution is 6.09. The summed E-state index contributed by atoms with van der Waals surface area (Å²) in [6.07, 6.45) is 0. The van der Waals surface area contributed by atoms with E-state index in [-0.39, 0.29) is 18.0 Å². The van der Waals surface area contributed by atoms with Gasteiger partial charge in [0.2, 0.25) is 5.91 Å². The predicted octanol–water partition coefficient (Wildman–Crippen LogP) is 2.78. The van der Waals surface area contributed by atoms with Gasteiger partial charge in [-0.25, -0.2) is 4.79 Å². The number of rotatable bonds is 2. The van der Waals surface area contributed by atoms with Gasteiger partial charge in [-0.3, -0.25) is 4.79 Å². The summed E-state index contributed by atoms with van der Waals surface area (Å²) < 4.78 is 0. The fourth-order valence-corrected chi connectivity index (χ4v) is 2.47. The molecule has 0 spiro atoms. The third-order valence-corrected chi connectivity index (χ3v) is 3.46. The number of carbonyl (C=O) groups excluding carboxylic acids is 1. The first-order valence-electron chi connectivity index (χ1n) is 6.56. The van der Waals surface area contributed by atoms with E-state index in [0.717, 1.165) is 11.3 Å². The number of hydrogen-bond donors (Lipinski definition) is 2. The molecule has 0 bridgehead atoms. The fourth-order valence-electron chi connectivity index (χ4n) is 2.47. The van der Waals surface area contributed by atoms with Crippen LogP contribution in [0.2, 0.25) is 0 Å². The summed E-state index contributed by atoms with van der Waals surface area (Å²) in [6, 6.07) is 12.5. The number of nitrogens with one attached hydrogen (secondary N) is 1. The Bertz CT molecular complexity index is 723. The summed E-state index contributed by atoms with van der Waals surface area (Å²) in [4.78, 5) is 25.0. The molecular weight excluding hydrogens is 268 g/mol. The van der Waals surface area contributed by atoms with E-state index in [2.05, 4.69) is 5.32 Å². The minimum absolute atomic E-state index is 0.0976. The molecule has 3 rings (SSSR count). The summed E-state index contributed by atoms with van der Waals surface area (Å²) in [5, 5.41) is 12.1. The molecule has 1 aliphatic heterocycles. The topological polar surface area (TPSA) is 69.6 Å². The van der Waals surface area contributed by atoms with Gasteiger partial charge in [-0.15, -0.1) is 0 Å². The highest BCUT2D eigenvalue weighted by Crippen LogP contribution is 2.38. The van der Waals surface area contributed by atoms with Crippen molar-refractivity contribution < 1.29 is 14.7 Å². The second-order valence-corrected chi connectivity index (χ2v) is 4.98. The molecule has 1 aliphatic rings. The molecule has 2 aromatic carbocycles. The lowest BCUT2D eigenvalue weighted by molar-refractivity contribution is -0.115. The monoisotopic (exact) mass is 282 g/mol. The van der Waals surface area contributed by atoms with Crippen LogP contribution in [0.15, 0.2) is 42.5 Å². The predicted molar refractivity (Wildman–Crippen MR) is 80.2 cm³/mol. The van der Waals surface area contributed by atoms with E-state index < -0.39 is 5.97 Å². The molecule has 0 radical (unpaired) electrons. The van der Waals surface area contributed by atoms with Gasteiger partial charge in [-0.2, -0.15) is 0 Å². The van der Waals surface area contributed by atoms with E-state index >= 15 is 0 Å². The van der Waals surface area contributed by atoms with E-state index in [1.54, 1.807) is 23.1 Å². The molecule has 0 aromatic heterocycles. The zero-order valence-electron chi connectivity index (χ0n) is 11.5. The summed E-state index contributed by atoms with van der Waals surface area (Å²) in [5.41, 5.74) is 3.12. The van der Waals surface area contributed by atoms with Gasteiger partial charge in [-0.1, -0.05) is 23.8 Å². The first-order chi connectivity index (χ1) is 10.1. The number of amides is 1. The van der Waals surface area contributed by atoms with Crippen LogP contribution in [-0.4, -0.2) is 23.5 Å². The van der Waals surface area contributed by atoms with Crippen LogP contribution in [0.25, 0.3) is 0 Å². The van der Waals surface area contributed by atoms with Crippen molar-refractivity contribution >= 4 is 28.9 Å². The highest BCUT2D eigenvalue weighted by atomic mass is 16.4. The van der Waals surface area contributed by atoms with E-state index in [1.165, 1.54) is 0 Å². The Labute approximate surface area is 121 Å². The van der Waals surface area contributed by atoms with Gasteiger partial charge in [0, 0.05) is 5.69 Å². The number of fused-ring (bicyclic) bond motifs is 1. The quantitative estimate of drug-likeness (QED) is 0.888. The van der Waals surface area contributed by atoms with E-state index in [0.29, 0.717) is 11.4 Å². The van der Waals surface area contributed by atoms with E-state index in [1.807, 2.05) is 31.2 Å². The van der Waals surface area contributed by atoms with Gasteiger partial charge >= 0.3 is 5.97 Å². The molecule has 1 amide bonds. The van der Waals surface area contributed by atoms with Crippen molar-refractivity contribution in [3.63, 3.8) is 0 Å². The number of hydrogen-bond acceptors (Lipinski definition) is 3. The van der Waals surface area contributed by atoms with Crippen molar-refractivity contribution in [3.8, 4) is 0 Å². The SMILES string of the molecule is Cc1ccc(N2CC(=O)Nc3cccc(C(=O)O)c32)cc1. The Balaban J connectivity index is 2.18. The number of anilines is 3. The number of carboxylic acid groups (broad SMARTS) is 1. The maximum absolute atomic E-state index is 11.9. The zero-order chi connectivity index (χ0) is 15.0. The first-order valence-corrected chi connectivity index (χ1v) is 6.56. The van der Waals surface area contributed by atoms with Gasteiger partial charge in [0.25, 0.3) is 0 Å². The molecule has 21 heavy (non-hydrogen) atoms. The van der Waals surface area contributed by atoms with Crippen LogP contribution in [0, 0.1) is 6.92 Å². The van der Waals surface area contributed by atoms with Gasteiger partial charge in [0.1, 0.15) is 6.54 Å². The minimum Gasteiger partial charge on any atom is -0.478 e. The van der Waals surface area contributed by atoms with Crippen molar-refractivity contribution in [3.05, 3.63) is 53.6 Å². The highest BCUT2D eigenvalue weighted by Gasteiger charge is 2.27. The average Bonchev–Trinajstić information content (AvgIpc) is 2.46. The zero-order valence-corrected chi connectivity index (χ0v) is 11.5. The Morgan fingerprint density at radius 1 is 1.19 bits per heavy atom. The number of para-hydroxylation sites is 1. The van der Waals surface area contributed by atoms with Crippen LogP contribution in [0.1, 0.15) is 15.9 Å². The molecule has 1 heterocycles. The standard InChI is InChI=1S/C16H14N2O3/c1-10-5-7-11(8-6-10)18-9-14(19)17-13-4-2-3-12(15(13)18)16(20)21/h2-8H,9H2,1H3,(H,17,19)(H,20,21). The molecule has 0 saturated heterocycles. The lowest BCUT2D eigenvalue weighted by Gasteiger charge is -2.32. The Morgan fingerprint density at radius 3 is 2.57 bits per heavy atom. The van der Waals surface area contributed by atoms with Crippen molar-refractivity contribution in [2.75, 3.05) is 16.8 Å². The molecule has 106 valence electrons. The van der Waals surface area contributed by atoms with Crippen LogP contribution in [0.4, 0.5) is 17.1 Å². The van der Waals surface area contributed by atoms with Crippen LogP contribution in [0.3, 0.4) is 0 Å². The normalized spacial score (nSPS) is 13.6. The van der Waals surface area contributed by atoms with Crippen LogP contribution < -0.4 is 10.2 Å². The fraction of sp³-hybridized carbons (Fsp3) is 0.125. The van der Waals surface area contributed by atoms with Crippen molar-refractivity contribution in [1.82, 2.24) is 0 Å². The van der Waals surface area contributed by atoms with Gasteiger partial charge in [0.05, 0.1) is 16.9 Å². The molecule has 2 N–H and O–H groups in total. The molecule has 0 fully saturated rings. The molecular formula is C16H14N2O3. The number of aromatic carboxylic acids is 1. The lowest BCUT2D eigenvalue weighted by atomic mass is 10.1. The number of nitrogens with zero attached hydrogens (tertiary/aromatic N) is 1. The Kier molecular flexibility index (Phi) is 3.10. The number of benzene rings is 2. The first kappa shape index (κ1) is 13.2. The summed E-state index contributed by atoms with van der Waals surface area (Å²) in [7, 11) is 0. The maximum atomic E-state index is 11.9. The van der Waals surface area contributed by atoms with Gasteiger partial charge < -0.3 is 15.3 Å². The number of aryl methyl sites for hydroxylation is 1. The van der Waals surface area contributed by atoms with Crippen molar-refractivity contribution in [1.29, 1.82) is 0 Å². The van der Waals surface area contributed by atoms with Gasteiger partial charge in [-0.05, 0) is 31.2 Å². The van der Waals surface area contributed by atoms with Gasteiger partial charge in [0.15, 0.2) is 0 Å². The van der Waals surface area contributed by atoms with E-state index in [9.17, 15) is 14.7 Å². The lowest BCUT2D eigenvalue weighted by Crippen LogP contribution is -2.36. The van der Waals surface area contributed by atoms with Crippen molar-refractivity contribution in [2.45, 2.75) is 6.92 Å². The maximum Gasteiger partial charge on any atom is 0.337 e. The largest absolute Gasteiger partial charge is 0.478 e. The third-order valence-electron chi connectivity index (χ3n) is 3.46. The molecule has 0 atom stereocenters.